The molecule has 5 rings (SSSR count). The Labute approximate surface area is 189 Å². The van der Waals surface area contributed by atoms with Crippen molar-refractivity contribution < 1.29 is 13.6 Å². The van der Waals surface area contributed by atoms with Crippen LogP contribution in [0.2, 0.25) is 0 Å². The van der Waals surface area contributed by atoms with Crippen molar-refractivity contribution in [3.8, 4) is 0 Å². The number of carbonyl (C=O) groups excluding carboxylic acids is 1. The highest BCUT2D eigenvalue weighted by atomic mass is 32.2. The molecule has 0 spiro atoms. The van der Waals surface area contributed by atoms with E-state index in [4.69, 9.17) is 0 Å². The Morgan fingerprint density at radius 1 is 1.25 bits per heavy atom. The molecular formula is C26H23N2O3S-. The Morgan fingerprint density at radius 2 is 2.09 bits per heavy atom. The summed E-state index contributed by atoms with van der Waals surface area (Å²) in [5.74, 6) is 0.170. The summed E-state index contributed by atoms with van der Waals surface area (Å²) in [6.07, 6.45) is 17.4. The van der Waals surface area contributed by atoms with Gasteiger partial charge in [0.25, 0.3) is 0 Å². The molecule has 162 valence electrons. The van der Waals surface area contributed by atoms with Crippen molar-refractivity contribution in [1.29, 1.82) is 0 Å². The van der Waals surface area contributed by atoms with Gasteiger partial charge in [0.1, 0.15) is 0 Å². The third-order valence-corrected chi connectivity index (χ3v) is 6.91. The maximum Gasteiger partial charge on any atom is 0.187 e. The zero-order valence-corrected chi connectivity index (χ0v) is 18.6. The van der Waals surface area contributed by atoms with Crippen LogP contribution in [0.1, 0.15) is 48.0 Å². The van der Waals surface area contributed by atoms with E-state index >= 15 is 0 Å². The molecule has 1 aliphatic heterocycles. The molecule has 32 heavy (non-hydrogen) atoms. The third kappa shape index (κ3) is 3.59. The predicted molar refractivity (Wildman–Crippen MR) is 127 cm³/mol. The first-order valence-electron chi connectivity index (χ1n) is 10.8. The van der Waals surface area contributed by atoms with Crippen LogP contribution in [0.15, 0.2) is 76.7 Å². The van der Waals surface area contributed by atoms with Crippen LogP contribution < -0.4 is 15.8 Å². The number of fused-ring (bicyclic) bond motifs is 4. The molecule has 0 saturated carbocycles. The molecule has 0 aromatic heterocycles. The molecule has 2 unspecified atom stereocenters. The Balaban J connectivity index is 1.69. The molecule has 5 nitrogen and oxygen atoms in total. The molecule has 0 amide bonds. The number of nitrogens with zero attached hydrogens (tertiary/aromatic N) is 1. The minimum atomic E-state index is -2.09. The van der Waals surface area contributed by atoms with Crippen molar-refractivity contribution >= 4 is 34.2 Å². The van der Waals surface area contributed by atoms with Crippen LogP contribution >= 0.6 is 0 Å². The molecule has 4 aliphatic rings. The Bertz CT molecular complexity index is 1360. The van der Waals surface area contributed by atoms with Gasteiger partial charge < -0.3 is 9.87 Å². The minimum Gasteiger partial charge on any atom is -0.772 e. The van der Waals surface area contributed by atoms with Crippen molar-refractivity contribution in [2.75, 3.05) is 5.75 Å². The first-order valence-corrected chi connectivity index (χ1v) is 12.0. The molecule has 0 saturated heterocycles. The summed E-state index contributed by atoms with van der Waals surface area (Å²) < 4.78 is 22.2. The van der Waals surface area contributed by atoms with Gasteiger partial charge in [-0.3, -0.25) is 14.0 Å². The number of hydrogen-bond donors (Lipinski definition) is 1. The summed E-state index contributed by atoms with van der Waals surface area (Å²) >= 11 is -2.09. The lowest BCUT2D eigenvalue weighted by atomic mass is 9.76. The van der Waals surface area contributed by atoms with Crippen molar-refractivity contribution in [3.05, 3.63) is 93.3 Å². The fraction of sp³-hybridized carbons (Fsp3) is 0.231. The molecule has 2 atom stereocenters. The van der Waals surface area contributed by atoms with Crippen LogP contribution in [0.4, 0.5) is 0 Å². The maximum atomic E-state index is 13.5. The van der Waals surface area contributed by atoms with E-state index in [1.807, 2.05) is 24.4 Å². The van der Waals surface area contributed by atoms with E-state index in [1.165, 1.54) is 5.57 Å². The number of carbonyl (C=O) groups is 1. The van der Waals surface area contributed by atoms with E-state index in [9.17, 15) is 13.6 Å². The van der Waals surface area contributed by atoms with Gasteiger partial charge in [-0.25, -0.2) is 0 Å². The normalized spacial score (nSPS) is 22.1. The summed E-state index contributed by atoms with van der Waals surface area (Å²) in [4.78, 5) is 17.8. The summed E-state index contributed by atoms with van der Waals surface area (Å²) in [6, 6.07) is 4.11. The predicted octanol–water partition coefficient (Wildman–Crippen LogP) is 2.80. The van der Waals surface area contributed by atoms with Gasteiger partial charge in [0, 0.05) is 35.2 Å². The zero-order chi connectivity index (χ0) is 22.2. The average molecular weight is 444 g/mol. The highest BCUT2D eigenvalue weighted by Gasteiger charge is 2.29. The van der Waals surface area contributed by atoms with E-state index in [1.54, 1.807) is 18.5 Å². The van der Waals surface area contributed by atoms with Crippen LogP contribution in [0, 0.1) is 0 Å². The number of allylic oxidation sites excluding steroid dienone is 6. The maximum absolute atomic E-state index is 13.5. The molecule has 6 heteroatoms. The number of rotatable bonds is 4. The number of aliphatic imine (C=N–C) groups is 1. The van der Waals surface area contributed by atoms with E-state index in [-0.39, 0.29) is 17.5 Å². The Kier molecular flexibility index (Phi) is 5.49. The van der Waals surface area contributed by atoms with Crippen LogP contribution in [-0.2, 0) is 11.1 Å². The first kappa shape index (κ1) is 20.8. The summed E-state index contributed by atoms with van der Waals surface area (Å²) in [6.45, 7) is 2.09. The highest BCUT2D eigenvalue weighted by Crippen LogP contribution is 2.36. The van der Waals surface area contributed by atoms with Crippen LogP contribution in [0.5, 0.6) is 0 Å². The molecule has 3 aliphatic carbocycles. The summed E-state index contributed by atoms with van der Waals surface area (Å²) in [5, 5.41) is 5.26. The number of ketones is 1. The van der Waals surface area contributed by atoms with Crippen molar-refractivity contribution in [1.82, 2.24) is 5.32 Å². The quantitative estimate of drug-likeness (QED) is 0.726. The van der Waals surface area contributed by atoms with E-state index in [0.717, 1.165) is 56.8 Å². The SMILES string of the molecule is CC1C=CC(CCS(=O)[O-])=c2ccc3c(c21)C(=O)C=C1C(C2=CN=CC=CN2)=CCCC=31. The van der Waals surface area contributed by atoms with Crippen LogP contribution in [0.3, 0.4) is 0 Å². The van der Waals surface area contributed by atoms with Crippen LogP contribution in [-0.4, -0.2) is 26.5 Å². The standard InChI is InChI=1S/C26H24N2O3S/c1-16-6-7-17(10-13-32(30)31)18-8-9-21-19-4-2-5-20(23-15-27-11-3-12-28-23)22(19)14-24(29)26(21)25(16)18/h3,5-9,11-12,14-16,28H,2,4,10,13H2,1H3,(H,30,31)/p-1. The fourth-order valence-corrected chi connectivity index (χ4v) is 5.34. The van der Waals surface area contributed by atoms with E-state index < -0.39 is 11.1 Å². The fourth-order valence-electron chi connectivity index (χ4n) is 4.95. The lowest BCUT2D eigenvalue weighted by Gasteiger charge is -2.28. The molecular weight excluding hydrogens is 420 g/mol. The van der Waals surface area contributed by atoms with E-state index in [0.29, 0.717) is 6.42 Å². The van der Waals surface area contributed by atoms with Crippen molar-refractivity contribution in [2.24, 2.45) is 4.99 Å². The monoisotopic (exact) mass is 443 g/mol. The van der Waals surface area contributed by atoms with Crippen LogP contribution in [0.25, 0.3) is 11.1 Å². The minimum absolute atomic E-state index is 0.00515. The second kappa shape index (κ2) is 8.45. The van der Waals surface area contributed by atoms with Gasteiger partial charge in [0.2, 0.25) is 0 Å². The molecule has 1 aromatic rings. The van der Waals surface area contributed by atoms with Gasteiger partial charge in [0.05, 0.1) is 11.9 Å². The topological polar surface area (TPSA) is 81.6 Å². The molecule has 0 fully saturated rings. The Hall–Kier alpha value is -3.09. The van der Waals surface area contributed by atoms with Gasteiger partial charge in [-0.2, -0.15) is 0 Å². The lowest BCUT2D eigenvalue weighted by Crippen LogP contribution is -2.33. The largest absolute Gasteiger partial charge is 0.772 e. The van der Waals surface area contributed by atoms with Gasteiger partial charge in [-0.05, 0) is 64.1 Å². The second-order valence-electron chi connectivity index (χ2n) is 8.28. The molecule has 1 aromatic carbocycles. The molecule has 1 N–H and O–H groups in total. The molecule has 1 heterocycles. The van der Waals surface area contributed by atoms with Crippen molar-refractivity contribution in [2.45, 2.75) is 32.1 Å². The van der Waals surface area contributed by atoms with Gasteiger partial charge in [-0.1, -0.05) is 48.4 Å². The Morgan fingerprint density at radius 3 is 2.94 bits per heavy atom. The second-order valence-corrected chi connectivity index (χ2v) is 9.30. The molecule has 0 radical (unpaired) electrons. The third-order valence-electron chi connectivity index (χ3n) is 6.38. The van der Waals surface area contributed by atoms with Crippen molar-refractivity contribution in [3.63, 3.8) is 0 Å². The van der Waals surface area contributed by atoms with Gasteiger partial charge >= 0.3 is 0 Å². The first-order chi connectivity index (χ1) is 15.5. The summed E-state index contributed by atoms with van der Waals surface area (Å²) in [5.41, 5.74) is 6.78. The number of nitrogens with one attached hydrogen (secondary N) is 1. The number of benzene rings is 1. The van der Waals surface area contributed by atoms with Gasteiger partial charge in [0.15, 0.2) is 5.78 Å². The smallest absolute Gasteiger partial charge is 0.187 e. The highest BCUT2D eigenvalue weighted by molar-refractivity contribution is 7.79. The molecule has 0 bridgehead atoms. The lowest BCUT2D eigenvalue weighted by molar-refractivity contribution is 0.104. The van der Waals surface area contributed by atoms with E-state index in [2.05, 4.69) is 35.5 Å². The number of hydrogen-bond acceptors (Lipinski definition) is 5. The summed E-state index contributed by atoms with van der Waals surface area (Å²) in [7, 11) is 0. The van der Waals surface area contributed by atoms with Gasteiger partial charge in [-0.15, -0.1) is 0 Å². The zero-order valence-electron chi connectivity index (χ0n) is 17.8. The average Bonchev–Trinajstić information content (AvgIpc) is 3.07.